The lowest BCUT2D eigenvalue weighted by atomic mass is 10.0. The van der Waals surface area contributed by atoms with Gasteiger partial charge in [-0.2, -0.15) is 0 Å². The fourth-order valence-electron chi connectivity index (χ4n) is 2.12. The number of esters is 1. The lowest BCUT2D eigenvalue weighted by molar-refractivity contribution is 0.0374. The molecule has 0 saturated carbocycles. The Labute approximate surface area is 109 Å². The molecule has 2 heteroatoms. The summed E-state index contributed by atoms with van der Waals surface area (Å²) in [4.78, 5) is 12.0. The van der Waals surface area contributed by atoms with Crippen LogP contribution in [0.1, 0.15) is 48.0 Å². The summed E-state index contributed by atoms with van der Waals surface area (Å²) in [6, 6.07) is 7.52. The SMILES string of the molecule is Cc1ccc(C(=O)OC2/C=C\CCCCC2)cc1. The van der Waals surface area contributed by atoms with Gasteiger partial charge >= 0.3 is 5.97 Å². The second-order valence-corrected chi connectivity index (χ2v) is 4.88. The highest BCUT2D eigenvalue weighted by molar-refractivity contribution is 5.89. The average molecular weight is 244 g/mol. The van der Waals surface area contributed by atoms with Crippen molar-refractivity contribution < 1.29 is 9.53 Å². The topological polar surface area (TPSA) is 26.3 Å². The molecule has 0 heterocycles. The number of aryl methyl sites for hydroxylation is 1. The third-order valence-electron chi connectivity index (χ3n) is 3.26. The second kappa shape index (κ2) is 6.39. The van der Waals surface area contributed by atoms with Crippen molar-refractivity contribution in [1.82, 2.24) is 0 Å². The molecule has 0 saturated heterocycles. The first-order valence-electron chi connectivity index (χ1n) is 6.70. The van der Waals surface area contributed by atoms with E-state index >= 15 is 0 Å². The summed E-state index contributed by atoms with van der Waals surface area (Å²) in [7, 11) is 0. The summed E-state index contributed by atoms with van der Waals surface area (Å²) >= 11 is 0. The molecule has 0 radical (unpaired) electrons. The molecule has 0 aliphatic heterocycles. The summed E-state index contributed by atoms with van der Waals surface area (Å²) < 4.78 is 5.53. The molecular formula is C16H20O2. The number of allylic oxidation sites excluding steroid dienone is 1. The van der Waals surface area contributed by atoms with Crippen molar-refractivity contribution in [2.75, 3.05) is 0 Å². The number of hydrogen-bond acceptors (Lipinski definition) is 2. The molecule has 0 fully saturated rings. The first-order chi connectivity index (χ1) is 8.75. The number of carbonyl (C=O) groups excluding carboxylic acids is 1. The van der Waals surface area contributed by atoms with Crippen LogP contribution in [0.2, 0.25) is 0 Å². The molecule has 1 atom stereocenters. The lowest BCUT2D eigenvalue weighted by Crippen LogP contribution is -2.17. The molecule has 1 unspecified atom stereocenters. The number of carbonyl (C=O) groups is 1. The predicted molar refractivity (Wildman–Crippen MR) is 72.6 cm³/mol. The lowest BCUT2D eigenvalue weighted by Gasteiger charge is -2.16. The number of ether oxygens (including phenoxy) is 1. The van der Waals surface area contributed by atoms with Crippen LogP contribution in [0.25, 0.3) is 0 Å². The van der Waals surface area contributed by atoms with E-state index in [0.29, 0.717) is 5.56 Å². The van der Waals surface area contributed by atoms with Gasteiger partial charge in [0.2, 0.25) is 0 Å². The van der Waals surface area contributed by atoms with Crippen molar-refractivity contribution in [3.63, 3.8) is 0 Å². The van der Waals surface area contributed by atoms with Crippen LogP contribution in [0, 0.1) is 6.92 Å². The minimum absolute atomic E-state index is 0.0564. The van der Waals surface area contributed by atoms with Crippen molar-refractivity contribution in [2.24, 2.45) is 0 Å². The van der Waals surface area contributed by atoms with Crippen LogP contribution in [-0.4, -0.2) is 12.1 Å². The van der Waals surface area contributed by atoms with Crippen molar-refractivity contribution in [2.45, 2.75) is 45.1 Å². The minimum Gasteiger partial charge on any atom is -0.455 e. The molecule has 96 valence electrons. The van der Waals surface area contributed by atoms with Gasteiger partial charge in [-0.1, -0.05) is 30.2 Å². The van der Waals surface area contributed by atoms with E-state index < -0.39 is 0 Å². The van der Waals surface area contributed by atoms with Crippen LogP contribution in [0.4, 0.5) is 0 Å². The maximum absolute atomic E-state index is 12.0. The molecule has 1 aromatic carbocycles. The molecule has 1 aliphatic rings. The fraction of sp³-hybridized carbons (Fsp3) is 0.438. The molecule has 0 N–H and O–H groups in total. The van der Waals surface area contributed by atoms with E-state index in [0.717, 1.165) is 24.8 Å². The number of rotatable bonds is 2. The van der Waals surface area contributed by atoms with E-state index in [1.807, 2.05) is 37.3 Å². The summed E-state index contributed by atoms with van der Waals surface area (Å²) in [5.41, 5.74) is 1.79. The van der Waals surface area contributed by atoms with Crippen LogP contribution in [0.15, 0.2) is 36.4 Å². The normalized spacial score (nSPS) is 21.7. The molecule has 0 amide bonds. The maximum atomic E-state index is 12.0. The zero-order valence-electron chi connectivity index (χ0n) is 10.9. The van der Waals surface area contributed by atoms with Gasteiger partial charge in [0.1, 0.15) is 6.10 Å². The third kappa shape index (κ3) is 3.73. The van der Waals surface area contributed by atoms with E-state index in [1.165, 1.54) is 12.8 Å². The van der Waals surface area contributed by atoms with Crippen LogP contribution in [-0.2, 0) is 4.74 Å². The highest BCUT2D eigenvalue weighted by Gasteiger charge is 2.14. The number of benzene rings is 1. The van der Waals surface area contributed by atoms with E-state index in [-0.39, 0.29) is 12.1 Å². The Bertz CT molecular complexity index is 417. The zero-order valence-corrected chi connectivity index (χ0v) is 10.9. The Hall–Kier alpha value is -1.57. The standard InChI is InChI=1S/C16H20O2/c1-13-9-11-14(12-10-13)16(17)18-15-7-5-3-2-4-6-8-15/h5,7,9-12,15H,2-4,6,8H2,1H3/b7-5-. The Morgan fingerprint density at radius 1 is 1.17 bits per heavy atom. The summed E-state index contributed by atoms with van der Waals surface area (Å²) in [5, 5.41) is 0. The quantitative estimate of drug-likeness (QED) is 0.579. The Kier molecular flexibility index (Phi) is 4.57. The molecule has 0 bridgehead atoms. The fourth-order valence-corrected chi connectivity index (χ4v) is 2.12. The van der Waals surface area contributed by atoms with Crippen LogP contribution < -0.4 is 0 Å². The average Bonchev–Trinajstić information content (AvgIpc) is 2.33. The number of hydrogen-bond donors (Lipinski definition) is 0. The van der Waals surface area contributed by atoms with Gasteiger partial charge in [-0.15, -0.1) is 0 Å². The van der Waals surface area contributed by atoms with Gasteiger partial charge in [0, 0.05) is 0 Å². The Morgan fingerprint density at radius 2 is 1.94 bits per heavy atom. The highest BCUT2D eigenvalue weighted by atomic mass is 16.5. The smallest absolute Gasteiger partial charge is 0.338 e. The first-order valence-corrected chi connectivity index (χ1v) is 6.70. The monoisotopic (exact) mass is 244 g/mol. The predicted octanol–water partition coefficient (Wildman–Crippen LogP) is 4.04. The van der Waals surface area contributed by atoms with Crippen LogP contribution >= 0.6 is 0 Å². The van der Waals surface area contributed by atoms with E-state index in [1.54, 1.807) is 0 Å². The molecule has 2 rings (SSSR count). The molecule has 0 aromatic heterocycles. The Morgan fingerprint density at radius 3 is 2.72 bits per heavy atom. The third-order valence-corrected chi connectivity index (χ3v) is 3.26. The zero-order chi connectivity index (χ0) is 12.8. The van der Waals surface area contributed by atoms with Gasteiger partial charge in [0.15, 0.2) is 0 Å². The van der Waals surface area contributed by atoms with Crippen molar-refractivity contribution in [3.05, 3.63) is 47.5 Å². The van der Waals surface area contributed by atoms with Gasteiger partial charge in [0.25, 0.3) is 0 Å². The Balaban J connectivity index is 1.97. The first kappa shape index (κ1) is 12.9. The van der Waals surface area contributed by atoms with E-state index in [4.69, 9.17) is 4.74 Å². The molecule has 18 heavy (non-hydrogen) atoms. The van der Waals surface area contributed by atoms with Crippen molar-refractivity contribution in [3.8, 4) is 0 Å². The van der Waals surface area contributed by atoms with Crippen molar-refractivity contribution >= 4 is 5.97 Å². The van der Waals surface area contributed by atoms with Crippen LogP contribution in [0.5, 0.6) is 0 Å². The molecular weight excluding hydrogens is 224 g/mol. The largest absolute Gasteiger partial charge is 0.455 e. The van der Waals surface area contributed by atoms with Gasteiger partial charge in [0.05, 0.1) is 5.56 Å². The summed E-state index contributed by atoms with van der Waals surface area (Å²) in [6.07, 6.45) is 9.75. The highest BCUT2D eigenvalue weighted by Crippen LogP contribution is 2.16. The summed E-state index contributed by atoms with van der Waals surface area (Å²) in [5.74, 6) is -0.217. The van der Waals surface area contributed by atoms with Crippen molar-refractivity contribution in [1.29, 1.82) is 0 Å². The molecule has 1 aliphatic carbocycles. The summed E-state index contributed by atoms with van der Waals surface area (Å²) in [6.45, 7) is 2.01. The van der Waals surface area contributed by atoms with Gasteiger partial charge in [-0.25, -0.2) is 4.79 Å². The molecule has 0 spiro atoms. The molecule has 1 aromatic rings. The van der Waals surface area contributed by atoms with Gasteiger partial charge in [-0.3, -0.25) is 0 Å². The maximum Gasteiger partial charge on any atom is 0.338 e. The molecule has 2 nitrogen and oxygen atoms in total. The van der Waals surface area contributed by atoms with E-state index in [2.05, 4.69) is 6.08 Å². The minimum atomic E-state index is -0.217. The van der Waals surface area contributed by atoms with Crippen LogP contribution in [0.3, 0.4) is 0 Å². The second-order valence-electron chi connectivity index (χ2n) is 4.88. The van der Waals surface area contributed by atoms with E-state index in [9.17, 15) is 4.79 Å². The van der Waals surface area contributed by atoms with Gasteiger partial charge in [-0.05, 0) is 50.8 Å². The van der Waals surface area contributed by atoms with Gasteiger partial charge < -0.3 is 4.74 Å².